The van der Waals surface area contributed by atoms with Crippen LogP contribution >= 0.6 is 11.6 Å². The third-order valence-electron chi connectivity index (χ3n) is 9.51. The molecule has 6 rings (SSSR count). The zero-order valence-electron chi connectivity index (χ0n) is 28.2. The fourth-order valence-corrected chi connectivity index (χ4v) is 7.92. The molecule has 0 spiro atoms. The lowest BCUT2D eigenvalue weighted by molar-refractivity contribution is -0.163. The van der Waals surface area contributed by atoms with Crippen LogP contribution in [0.1, 0.15) is 54.7 Å². The first-order valence-corrected chi connectivity index (χ1v) is 17.2. The predicted molar refractivity (Wildman–Crippen MR) is 190 cm³/mol. The van der Waals surface area contributed by atoms with Crippen LogP contribution in [0.2, 0.25) is 5.02 Å². The van der Waals surface area contributed by atoms with Gasteiger partial charge in [0.2, 0.25) is 0 Å². The molecule has 2 heterocycles. The Morgan fingerprint density at radius 1 is 0.700 bits per heavy atom. The van der Waals surface area contributed by atoms with Crippen molar-refractivity contribution >= 4 is 46.8 Å². The van der Waals surface area contributed by atoms with Gasteiger partial charge in [-0.05, 0) is 68.3 Å². The van der Waals surface area contributed by atoms with E-state index in [-0.39, 0.29) is 32.1 Å². The molecule has 0 aliphatic carbocycles. The van der Waals surface area contributed by atoms with Crippen molar-refractivity contribution in [3.05, 3.63) is 131 Å². The lowest BCUT2D eigenvalue weighted by Crippen LogP contribution is -2.52. The van der Waals surface area contributed by atoms with Crippen molar-refractivity contribution in [1.82, 2.24) is 0 Å². The highest BCUT2D eigenvalue weighted by Crippen LogP contribution is 2.61. The third-order valence-corrected chi connectivity index (χ3v) is 9.75. The molecule has 2 aliphatic heterocycles. The number of rotatable bonds is 9. The molecule has 0 unspecified atom stereocenters. The number of halogens is 1. The number of para-hydroxylation sites is 2. The number of esters is 3. The summed E-state index contributed by atoms with van der Waals surface area (Å²) in [4.78, 5) is 61.5. The van der Waals surface area contributed by atoms with E-state index in [1.165, 1.54) is 0 Å². The quantitative estimate of drug-likeness (QED) is 0.135. The second-order valence-electron chi connectivity index (χ2n) is 12.2. The van der Waals surface area contributed by atoms with Crippen molar-refractivity contribution in [3.63, 3.8) is 0 Å². The fraction of sp³-hybridized carbons (Fsp3) is 0.300. The summed E-state index contributed by atoms with van der Waals surface area (Å²) < 4.78 is 17.1. The minimum absolute atomic E-state index is 0.0276. The number of nitrogens with zero attached hydrogens (tertiary/aromatic N) is 2. The first kappa shape index (κ1) is 34.7. The molecular weight excluding hydrogens is 656 g/mol. The van der Waals surface area contributed by atoms with Crippen LogP contribution in [0.3, 0.4) is 0 Å². The van der Waals surface area contributed by atoms with E-state index in [0.717, 1.165) is 0 Å². The zero-order chi connectivity index (χ0) is 35.4. The Bertz CT molecular complexity index is 1870. The minimum atomic E-state index is -1.45. The van der Waals surface area contributed by atoms with E-state index in [0.29, 0.717) is 33.1 Å². The van der Waals surface area contributed by atoms with Gasteiger partial charge in [-0.3, -0.25) is 19.3 Å². The first-order valence-electron chi connectivity index (χ1n) is 16.9. The van der Waals surface area contributed by atoms with Crippen molar-refractivity contribution in [1.29, 1.82) is 0 Å². The Morgan fingerprint density at radius 3 is 1.92 bits per heavy atom. The molecule has 0 N–H and O–H groups in total. The molecular formula is C40H39ClN2O7. The highest BCUT2D eigenvalue weighted by molar-refractivity contribution is 6.30. The molecule has 4 aromatic rings. The molecule has 1 fully saturated rings. The second kappa shape index (κ2) is 14.8. The highest BCUT2D eigenvalue weighted by Gasteiger charge is 2.69. The maximum atomic E-state index is 14.9. The average Bonchev–Trinajstić information content (AvgIpc) is 3.37. The third kappa shape index (κ3) is 6.00. The van der Waals surface area contributed by atoms with Gasteiger partial charge >= 0.3 is 17.9 Å². The largest absolute Gasteiger partial charge is 0.466 e. The number of carbonyl (C=O) groups excluding carboxylic acids is 4. The molecule has 10 heteroatoms. The standard InChI is InChI=1S/C40H39ClN2O7/c1-4-48-37(45)33-34(38(46)49-5-2)40(28-19-11-8-12-20-28)25-32(27-18-15-21-29(41)24-27)42(36(44)26-16-9-7-10-17-26)30-22-13-14-23-31(30)43(40)35(33)39(47)50-6-3/h7-24,32-35H,4-6,25H2,1-3H3/t32-,33-,34-,35+,40-/m1/s1. The molecule has 258 valence electrons. The Morgan fingerprint density at radius 2 is 1.28 bits per heavy atom. The van der Waals surface area contributed by atoms with Crippen LogP contribution in [0.15, 0.2) is 109 Å². The summed E-state index contributed by atoms with van der Waals surface area (Å²) in [5, 5.41) is 0.458. The Kier molecular flexibility index (Phi) is 10.2. The lowest BCUT2D eigenvalue weighted by Gasteiger charge is -2.44. The van der Waals surface area contributed by atoms with Crippen LogP contribution in [0.4, 0.5) is 11.4 Å². The van der Waals surface area contributed by atoms with Crippen LogP contribution in [-0.2, 0) is 34.1 Å². The predicted octanol–water partition coefficient (Wildman–Crippen LogP) is 7.14. The molecule has 0 bridgehead atoms. The molecule has 4 aromatic carbocycles. The molecule has 9 nitrogen and oxygen atoms in total. The van der Waals surface area contributed by atoms with Crippen molar-refractivity contribution < 1.29 is 33.4 Å². The Hall–Kier alpha value is -5.15. The monoisotopic (exact) mass is 694 g/mol. The van der Waals surface area contributed by atoms with Crippen molar-refractivity contribution in [3.8, 4) is 0 Å². The van der Waals surface area contributed by atoms with Crippen molar-refractivity contribution in [2.24, 2.45) is 11.8 Å². The molecule has 1 saturated heterocycles. The van der Waals surface area contributed by atoms with Gasteiger partial charge in [0.25, 0.3) is 5.91 Å². The first-order chi connectivity index (χ1) is 24.3. The smallest absolute Gasteiger partial charge is 0.329 e. The van der Waals surface area contributed by atoms with Crippen molar-refractivity contribution in [2.75, 3.05) is 29.6 Å². The SMILES string of the molecule is CCOC(=O)[C@H]1[C@@H](C(=O)OCC)N2c3ccccc3N(C(=O)c3ccccc3)[C@@H](c3cccc(Cl)c3)C[C@@]2(c2ccccc2)[C@H]1C(=O)OCC. The topological polar surface area (TPSA) is 102 Å². The fourth-order valence-electron chi connectivity index (χ4n) is 7.73. The van der Waals surface area contributed by atoms with Crippen LogP contribution in [-0.4, -0.2) is 49.7 Å². The van der Waals surface area contributed by atoms with E-state index in [9.17, 15) is 19.2 Å². The van der Waals surface area contributed by atoms with Gasteiger partial charge in [0, 0.05) is 17.0 Å². The molecule has 5 atom stereocenters. The van der Waals surface area contributed by atoms with E-state index < -0.39 is 47.4 Å². The number of ether oxygens (including phenoxy) is 3. The Balaban J connectivity index is 1.77. The van der Waals surface area contributed by atoms with Gasteiger partial charge in [0.15, 0.2) is 0 Å². The summed E-state index contributed by atoms with van der Waals surface area (Å²) in [6.45, 7) is 5.15. The van der Waals surface area contributed by atoms with Crippen LogP contribution in [0, 0.1) is 11.8 Å². The summed E-state index contributed by atoms with van der Waals surface area (Å²) in [6.07, 6.45) is 0.0555. The molecule has 0 radical (unpaired) electrons. The minimum Gasteiger partial charge on any atom is -0.466 e. The summed E-state index contributed by atoms with van der Waals surface area (Å²) in [5.74, 6) is -4.97. The number of fused-ring (bicyclic) bond motifs is 3. The van der Waals surface area contributed by atoms with Gasteiger partial charge in [0.1, 0.15) is 17.9 Å². The number of hydrogen-bond acceptors (Lipinski definition) is 8. The van der Waals surface area contributed by atoms with Gasteiger partial charge in [0.05, 0.1) is 42.8 Å². The Labute approximate surface area is 296 Å². The van der Waals surface area contributed by atoms with E-state index >= 15 is 0 Å². The maximum Gasteiger partial charge on any atom is 0.329 e. The van der Waals surface area contributed by atoms with Crippen LogP contribution in [0.25, 0.3) is 0 Å². The highest BCUT2D eigenvalue weighted by atomic mass is 35.5. The number of benzene rings is 4. The number of carbonyl (C=O) groups is 4. The average molecular weight is 695 g/mol. The van der Waals surface area contributed by atoms with Gasteiger partial charge in [-0.1, -0.05) is 84.4 Å². The van der Waals surface area contributed by atoms with E-state index in [1.807, 2.05) is 65.6 Å². The summed E-state index contributed by atoms with van der Waals surface area (Å²) in [7, 11) is 0. The molecule has 50 heavy (non-hydrogen) atoms. The van der Waals surface area contributed by atoms with E-state index in [2.05, 4.69) is 0 Å². The maximum absolute atomic E-state index is 14.9. The van der Waals surface area contributed by atoms with Crippen LogP contribution < -0.4 is 9.80 Å². The van der Waals surface area contributed by atoms with Gasteiger partial charge in [-0.2, -0.15) is 0 Å². The number of anilines is 2. The molecule has 1 amide bonds. The van der Waals surface area contributed by atoms with Crippen LogP contribution in [0.5, 0.6) is 0 Å². The lowest BCUT2D eigenvalue weighted by atomic mass is 9.70. The van der Waals surface area contributed by atoms with Gasteiger partial charge < -0.3 is 19.1 Å². The van der Waals surface area contributed by atoms with Gasteiger partial charge in [-0.15, -0.1) is 0 Å². The van der Waals surface area contributed by atoms with Crippen molar-refractivity contribution in [2.45, 2.75) is 44.8 Å². The zero-order valence-corrected chi connectivity index (χ0v) is 28.9. The van der Waals surface area contributed by atoms with Gasteiger partial charge in [-0.25, -0.2) is 4.79 Å². The van der Waals surface area contributed by atoms with E-state index in [4.69, 9.17) is 25.8 Å². The number of amides is 1. The summed E-state index contributed by atoms with van der Waals surface area (Å²) in [6, 6.07) is 30.6. The van der Waals surface area contributed by atoms with E-state index in [1.54, 1.807) is 74.2 Å². The normalized spacial score (nSPS) is 22.5. The second-order valence-corrected chi connectivity index (χ2v) is 12.6. The molecule has 0 aromatic heterocycles. The summed E-state index contributed by atoms with van der Waals surface area (Å²) in [5.41, 5.74) is 1.28. The molecule has 2 aliphatic rings. The summed E-state index contributed by atoms with van der Waals surface area (Å²) >= 11 is 6.62. The molecule has 0 saturated carbocycles. The number of hydrogen-bond donors (Lipinski definition) is 0.